The number of hydrogen-bond donors (Lipinski definition) is 2. The SMILES string of the molecule is CCCNC(c1ncn[nH]1)c1c(Br)cnn1CC. The van der Waals surface area contributed by atoms with E-state index in [1.54, 1.807) is 0 Å². The number of nitrogens with zero attached hydrogens (tertiary/aromatic N) is 4. The van der Waals surface area contributed by atoms with Crippen molar-refractivity contribution in [2.45, 2.75) is 32.9 Å². The number of H-pyrrole nitrogens is 1. The van der Waals surface area contributed by atoms with Crippen LogP contribution < -0.4 is 5.32 Å². The molecule has 0 saturated heterocycles. The molecular weight excluding hydrogens is 296 g/mol. The smallest absolute Gasteiger partial charge is 0.147 e. The Morgan fingerprint density at radius 1 is 1.50 bits per heavy atom. The molecule has 2 heterocycles. The number of halogens is 1. The zero-order chi connectivity index (χ0) is 13.0. The molecule has 1 atom stereocenters. The van der Waals surface area contributed by atoms with Gasteiger partial charge in [0.1, 0.15) is 18.2 Å². The molecule has 0 aliphatic carbocycles. The Hall–Kier alpha value is -1.21. The second-order valence-electron chi connectivity index (χ2n) is 3.95. The highest BCUT2D eigenvalue weighted by Gasteiger charge is 2.23. The molecule has 2 aromatic heterocycles. The molecule has 7 heteroatoms. The molecule has 2 rings (SSSR count). The fourth-order valence-electron chi connectivity index (χ4n) is 1.88. The fraction of sp³-hybridized carbons (Fsp3) is 0.545. The Labute approximate surface area is 114 Å². The van der Waals surface area contributed by atoms with Crippen LogP contribution in [0.1, 0.15) is 37.8 Å². The van der Waals surface area contributed by atoms with Gasteiger partial charge in [0.15, 0.2) is 0 Å². The van der Waals surface area contributed by atoms with E-state index >= 15 is 0 Å². The average molecular weight is 313 g/mol. The van der Waals surface area contributed by atoms with E-state index in [2.05, 4.69) is 55.4 Å². The highest BCUT2D eigenvalue weighted by atomic mass is 79.9. The van der Waals surface area contributed by atoms with Gasteiger partial charge in [-0.15, -0.1) is 0 Å². The highest BCUT2D eigenvalue weighted by Crippen LogP contribution is 2.26. The van der Waals surface area contributed by atoms with Crippen LogP contribution in [0.5, 0.6) is 0 Å². The monoisotopic (exact) mass is 312 g/mol. The summed E-state index contributed by atoms with van der Waals surface area (Å²) in [4.78, 5) is 4.25. The molecule has 0 aliphatic rings. The Bertz CT molecular complexity index is 478. The van der Waals surface area contributed by atoms with Crippen molar-refractivity contribution in [2.24, 2.45) is 0 Å². The lowest BCUT2D eigenvalue weighted by molar-refractivity contribution is 0.512. The van der Waals surface area contributed by atoms with E-state index in [9.17, 15) is 0 Å². The van der Waals surface area contributed by atoms with Gasteiger partial charge in [-0.1, -0.05) is 6.92 Å². The summed E-state index contributed by atoms with van der Waals surface area (Å²) in [6.45, 7) is 5.93. The summed E-state index contributed by atoms with van der Waals surface area (Å²) in [6, 6.07) is -0.0238. The van der Waals surface area contributed by atoms with Gasteiger partial charge in [0.25, 0.3) is 0 Å². The van der Waals surface area contributed by atoms with E-state index in [0.29, 0.717) is 0 Å². The van der Waals surface area contributed by atoms with E-state index in [0.717, 1.165) is 35.5 Å². The predicted octanol–water partition coefficient (Wildman–Crippen LogP) is 1.87. The first-order valence-corrected chi connectivity index (χ1v) is 6.87. The average Bonchev–Trinajstić information content (AvgIpc) is 3.01. The molecule has 0 aromatic carbocycles. The van der Waals surface area contributed by atoms with Crippen LogP contribution in [0.15, 0.2) is 17.0 Å². The van der Waals surface area contributed by atoms with Crippen molar-refractivity contribution in [2.75, 3.05) is 6.54 Å². The quantitative estimate of drug-likeness (QED) is 0.854. The van der Waals surface area contributed by atoms with Crippen molar-refractivity contribution in [1.29, 1.82) is 0 Å². The van der Waals surface area contributed by atoms with Gasteiger partial charge in [-0.2, -0.15) is 10.2 Å². The summed E-state index contributed by atoms with van der Waals surface area (Å²) in [6.07, 6.45) is 4.40. The third-order valence-electron chi connectivity index (χ3n) is 2.71. The van der Waals surface area contributed by atoms with Crippen molar-refractivity contribution < 1.29 is 0 Å². The second-order valence-corrected chi connectivity index (χ2v) is 4.81. The van der Waals surface area contributed by atoms with Crippen molar-refractivity contribution in [3.63, 3.8) is 0 Å². The van der Waals surface area contributed by atoms with Crippen molar-refractivity contribution in [3.8, 4) is 0 Å². The lowest BCUT2D eigenvalue weighted by Crippen LogP contribution is -2.27. The van der Waals surface area contributed by atoms with Crippen LogP contribution in [-0.2, 0) is 6.54 Å². The normalized spacial score (nSPS) is 12.8. The fourth-order valence-corrected chi connectivity index (χ4v) is 2.40. The molecule has 6 nitrogen and oxygen atoms in total. The van der Waals surface area contributed by atoms with Crippen LogP contribution in [0.3, 0.4) is 0 Å². The Kier molecular flexibility index (Phi) is 4.48. The minimum Gasteiger partial charge on any atom is -0.302 e. The summed E-state index contributed by atoms with van der Waals surface area (Å²) in [5.74, 6) is 0.805. The van der Waals surface area contributed by atoms with E-state index < -0.39 is 0 Å². The lowest BCUT2D eigenvalue weighted by atomic mass is 10.2. The van der Waals surface area contributed by atoms with Crippen LogP contribution in [0.4, 0.5) is 0 Å². The summed E-state index contributed by atoms with van der Waals surface area (Å²) in [7, 11) is 0. The maximum atomic E-state index is 4.34. The van der Waals surface area contributed by atoms with Gasteiger partial charge < -0.3 is 5.32 Å². The van der Waals surface area contributed by atoms with Crippen LogP contribution in [0.2, 0.25) is 0 Å². The molecule has 1 unspecified atom stereocenters. The largest absolute Gasteiger partial charge is 0.302 e. The van der Waals surface area contributed by atoms with Crippen LogP contribution in [-0.4, -0.2) is 31.5 Å². The minimum absolute atomic E-state index is 0.0238. The summed E-state index contributed by atoms with van der Waals surface area (Å²) in [5, 5.41) is 14.7. The molecule has 0 saturated carbocycles. The number of aromatic amines is 1. The van der Waals surface area contributed by atoms with Gasteiger partial charge in [0.2, 0.25) is 0 Å². The molecule has 0 spiro atoms. The number of nitrogens with one attached hydrogen (secondary N) is 2. The first-order valence-electron chi connectivity index (χ1n) is 6.07. The van der Waals surface area contributed by atoms with Gasteiger partial charge in [-0.3, -0.25) is 9.78 Å². The first kappa shape index (κ1) is 13.2. The molecule has 18 heavy (non-hydrogen) atoms. The molecule has 2 N–H and O–H groups in total. The van der Waals surface area contributed by atoms with Gasteiger partial charge in [-0.05, 0) is 35.8 Å². The minimum atomic E-state index is -0.0238. The number of aromatic nitrogens is 5. The van der Waals surface area contributed by atoms with Gasteiger partial charge >= 0.3 is 0 Å². The molecular formula is C11H17BrN6. The Morgan fingerprint density at radius 2 is 2.33 bits per heavy atom. The second kappa shape index (κ2) is 6.10. The van der Waals surface area contributed by atoms with Crippen LogP contribution in [0, 0.1) is 0 Å². The highest BCUT2D eigenvalue weighted by molar-refractivity contribution is 9.10. The summed E-state index contributed by atoms with van der Waals surface area (Å²) in [5.41, 5.74) is 1.07. The molecule has 2 aromatic rings. The van der Waals surface area contributed by atoms with Gasteiger partial charge in [0, 0.05) is 6.54 Å². The standard InChI is InChI=1S/C11H17BrN6/c1-3-5-13-9(11-14-7-15-17-11)10-8(12)6-16-18(10)4-2/h6-7,9,13H,3-5H2,1-2H3,(H,14,15,17). The first-order chi connectivity index (χ1) is 8.77. The maximum Gasteiger partial charge on any atom is 0.147 e. The number of hydrogen-bond acceptors (Lipinski definition) is 4. The molecule has 0 fully saturated rings. The Morgan fingerprint density at radius 3 is 2.94 bits per heavy atom. The van der Waals surface area contributed by atoms with E-state index in [-0.39, 0.29) is 6.04 Å². The Balaban J connectivity index is 2.36. The third kappa shape index (κ3) is 2.62. The van der Waals surface area contributed by atoms with Crippen LogP contribution >= 0.6 is 15.9 Å². The third-order valence-corrected chi connectivity index (χ3v) is 3.32. The predicted molar refractivity (Wildman–Crippen MR) is 72.1 cm³/mol. The zero-order valence-electron chi connectivity index (χ0n) is 10.5. The van der Waals surface area contributed by atoms with Crippen molar-refractivity contribution >= 4 is 15.9 Å². The molecule has 0 amide bonds. The molecule has 0 radical (unpaired) electrons. The van der Waals surface area contributed by atoms with Crippen molar-refractivity contribution in [1.82, 2.24) is 30.3 Å². The molecule has 0 aliphatic heterocycles. The zero-order valence-corrected chi connectivity index (χ0v) is 12.1. The lowest BCUT2D eigenvalue weighted by Gasteiger charge is -2.18. The summed E-state index contributed by atoms with van der Waals surface area (Å²) >= 11 is 3.55. The number of rotatable bonds is 6. The van der Waals surface area contributed by atoms with E-state index in [1.165, 1.54) is 6.33 Å². The number of aryl methyl sites for hydroxylation is 1. The van der Waals surface area contributed by atoms with E-state index in [4.69, 9.17) is 0 Å². The van der Waals surface area contributed by atoms with Crippen molar-refractivity contribution in [3.05, 3.63) is 28.5 Å². The topological polar surface area (TPSA) is 71.4 Å². The van der Waals surface area contributed by atoms with Gasteiger partial charge in [-0.25, -0.2) is 4.98 Å². The van der Waals surface area contributed by atoms with E-state index in [1.807, 2.05) is 10.9 Å². The molecule has 0 bridgehead atoms. The summed E-state index contributed by atoms with van der Waals surface area (Å²) < 4.78 is 2.94. The van der Waals surface area contributed by atoms with Gasteiger partial charge in [0.05, 0.1) is 16.4 Å². The van der Waals surface area contributed by atoms with Crippen LogP contribution in [0.25, 0.3) is 0 Å². The maximum absolute atomic E-state index is 4.34. The molecule has 98 valence electrons.